The zero-order valence-electron chi connectivity index (χ0n) is 11.5. The minimum absolute atomic E-state index is 0.0797. The zero-order chi connectivity index (χ0) is 12.6. The second kappa shape index (κ2) is 4.75. The number of rotatable bonds is 4. The molecular weight excluding hydrogens is 226 g/mol. The van der Waals surface area contributed by atoms with Crippen molar-refractivity contribution in [3.05, 3.63) is 0 Å². The van der Waals surface area contributed by atoms with Crippen molar-refractivity contribution in [1.29, 1.82) is 0 Å². The summed E-state index contributed by atoms with van der Waals surface area (Å²) in [6, 6.07) is 0. The van der Waals surface area contributed by atoms with Gasteiger partial charge in [-0.25, -0.2) is 4.79 Å². The molecule has 1 aliphatic heterocycles. The molecule has 3 fully saturated rings. The normalized spacial score (nSPS) is 29.4. The molecule has 0 bridgehead atoms. The molecule has 0 aromatic carbocycles. The fourth-order valence-corrected chi connectivity index (χ4v) is 3.80. The molecule has 1 spiro atoms. The van der Waals surface area contributed by atoms with Gasteiger partial charge in [0.15, 0.2) is 0 Å². The lowest BCUT2D eigenvalue weighted by molar-refractivity contribution is -0.00267. The number of unbranched alkanes of at least 4 members (excludes halogenated alkanes) is 1. The van der Waals surface area contributed by atoms with Gasteiger partial charge in [0.05, 0.1) is 6.61 Å². The number of carbonyl (C=O) groups excluding carboxylic acids is 1. The Hall–Kier alpha value is -0.730. The first-order chi connectivity index (χ1) is 8.72. The summed E-state index contributed by atoms with van der Waals surface area (Å²) in [5.74, 6) is 2.01. The Morgan fingerprint density at radius 3 is 2.72 bits per heavy atom. The van der Waals surface area contributed by atoms with Gasteiger partial charge in [-0.15, -0.1) is 0 Å². The molecule has 0 aromatic rings. The SMILES string of the molecule is CCCCOC(=O)N1CC2(CCC(C3CC3)C2)C1. The first kappa shape index (κ1) is 12.3. The topological polar surface area (TPSA) is 29.5 Å². The average Bonchev–Trinajstić information content (AvgIpc) is 3.06. The van der Waals surface area contributed by atoms with E-state index in [1.54, 1.807) is 0 Å². The van der Waals surface area contributed by atoms with Crippen LogP contribution in [0.5, 0.6) is 0 Å². The molecular formula is C15H25NO2. The van der Waals surface area contributed by atoms with Gasteiger partial charge < -0.3 is 9.64 Å². The van der Waals surface area contributed by atoms with Crippen molar-refractivity contribution in [3.63, 3.8) is 0 Å². The van der Waals surface area contributed by atoms with Gasteiger partial charge in [0.2, 0.25) is 0 Å². The predicted octanol–water partition coefficient (Wildman–Crippen LogP) is 3.44. The smallest absolute Gasteiger partial charge is 0.409 e. The van der Waals surface area contributed by atoms with Gasteiger partial charge in [-0.3, -0.25) is 0 Å². The molecule has 1 saturated heterocycles. The van der Waals surface area contributed by atoms with Crippen LogP contribution in [0.3, 0.4) is 0 Å². The second-order valence-corrected chi connectivity index (χ2v) is 6.66. The number of amides is 1. The van der Waals surface area contributed by atoms with Crippen LogP contribution in [0.4, 0.5) is 4.79 Å². The Labute approximate surface area is 110 Å². The van der Waals surface area contributed by atoms with E-state index in [1.165, 1.54) is 32.1 Å². The molecule has 18 heavy (non-hydrogen) atoms. The number of hydrogen-bond donors (Lipinski definition) is 0. The van der Waals surface area contributed by atoms with Crippen LogP contribution in [0.1, 0.15) is 51.9 Å². The molecule has 0 aromatic heterocycles. The molecule has 3 rings (SSSR count). The van der Waals surface area contributed by atoms with Crippen LogP contribution in [0.25, 0.3) is 0 Å². The Bertz CT molecular complexity index is 318. The number of hydrogen-bond acceptors (Lipinski definition) is 2. The summed E-state index contributed by atoms with van der Waals surface area (Å²) >= 11 is 0. The Morgan fingerprint density at radius 2 is 2.06 bits per heavy atom. The summed E-state index contributed by atoms with van der Waals surface area (Å²) in [6.07, 6.45) is 9.03. The van der Waals surface area contributed by atoms with Gasteiger partial charge in [-0.05, 0) is 50.4 Å². The molecule has 0 N–H and O–H groups in total. The molecule has 0 radical (unpaired) electrons. The third-order valence-electron chi connectivity index (χ3n) is 5.06. The highest BCUT2D eigenvalue weighted by molar-refractivity contribution is 5.69. The fraction of sp³-hybridized carbons (Fsp3) is 0.933. The molecule has 1 unspecified atom stereocenters. The fourth-order valence-electron chi connectivity index (χ4n) is 3.80. The van der Waals surface area contributed by atoms with Gasteiger partial charge in [0.25, 0.3) is 0 Å². The third kappa shape index (κ3) is 2.36. The van der Waals surface area contributed by atoms with Crippen molar-refractivity contribution >= 4 is 6.09 Å². The van der Waals surface area contributed by atoms with Crippen LogP contribution in [-0.2, 0) is 4.74 Å². The molecule has 1 amide bonds. The Morgan fingerprint density at radius 1 is 1.28 bits per heavy atom. The maximum absolute atomic E-state index is 11.8. The number of ether oxygens (including phenoxy) is 1. The van der Waals surface area contributed by atoms with Crippen LogP contribution in [0.2, 0.25) is 0 Å². The third-order valence-corrected chi connectivity index (χ3v) is 5.06. The van der Waals surface area contributed by atoms with Crippen molar-refractivity contribution in [2.75, 3.05) is 19.7 Å². The Kier molecular flexibility index (Phi) is 3.25. The number of carbonyl (C=O) groups is 1. The molecule has 3 aliphatic rings. The van der Waals surface area contributed by atoms with E-state index in [0.29, 0.717) is 12.0 Å². The zero-order valence-corrected chi connectivity index (χ0v) is 11.5. The van der Waals surface area contributed by atoms with Crippen molar-refractivity contribution in [2.24, 2.45) is 17.3 Å². The molecule has 3 heteroatoms. The van der Waals surface area contributed by atoms with E-state index < -0.39 is 0 Å². The highest BCUT2D eigenvalue weighted by Gasteiger charge is 2.52. The molecule has 1 atom stereocenters. The summed E-state index contributed by atoms with van der Waals surface area (Å²) in [4.78, 5) is 13.7. The van der Waals surface area contributed by atoms with E-state index in [9.17, 15) is 4.79 Å². The molecule has 2 saturated carbocycles. The maximum atomic E-state index is 11.8. The molecule has 2 aliphatic carbocycles. The summed E-state index contributed by atoms with van der Waals surface area (Å²) in [6.45, 7) is 4.62. The highest BCUT2D eigenvalue weighted by atomic mass is 16.6. The van der Waals surface area contributed by atoms with Crippen LogP contribution < -0.4 is 0 Å². The van der Waals surface area contributed by atoms with Gasteiger partial charge >= 0.3 is 6.09 Å². The summed E-state index contributed by atoms with van der Waals surface area (Å²) in [5, 5.41) is 0. The standard InChI is InChI=1S/C15H25NO2/c1-2-3-8-18-14(17)16-10-15(11-16)7-6-13(9-15)12-4-5-12/h12-13H,2-11H2,1H3. The van der Waals surface area contributed by atoms with Crippen LogP contribution in [-0.4, -0.2) is 30.7 Å². The minimum atomic E-state index is -0.0797. The minimum Gasteiger partial charge on any atom is -0.449 e. The van der Waals surface area contributed by atoms with Crippen molar-refractivity contribution in [2.45, 2.75) is 51.9 Å². The maximum Gasteiger partial charge on any atom is 0.409 e. The van der Waals surface area contributed by atoms with E-state index in [0.717, 1.165) is 37.8 Å². The lowest BCUT2D eigenvalue weighted by Gasteiger charge is -2.47. The summed E-state index contributed by atoms with van der Waals surface area (Å²) in [7, 11) is 0. The van der Waals surface area contributed by atoms with E-state index in [4.69, 9.17) is 4.74 Å². The molecule has 1 heterocycles. The lowest BCUT2D eigenvalue weighted by atomic mass is 9.77. The van der Waals surface area contributed by atoms with Gasteiger partial charge in [-0.2, -0.15) is 0 Å². The number of nitrogens with zero attached hydrogens (tertiary/aromatic N) is 1. The van der Waals surface area contributed by atoms with Gasteiger partial charge in [-0.1, -0.05) is 13.3 Å². The quantitative estimate of drug-likeness (QED) is 0.716. The van der Waals surface area contributed by atoms with Gasteiger partial charge in [0.1, 0.15) is 0 Å². The van der Waals surface area contributed by atoms with E-state index in [1.807, 2.05) is 4.90 Å². The predicted molar refractivity (Wildman–Crippen MR) is 70.3 cm³/mol. The number of likely N-dealkylation sites (tertiary alicyclic amines) is 1. The first-order valence-corrected chi connectivity index (χ1v) is 7.64. The lowest BCUT2D eigenvalue weighted by Crippen LogP contribution is -2.57. The van der Waals surface area contributed by atoms with E-state index >= 15 is 0 Å². The van der Waals surface area contributed by atoms with Gasteiger partial charge in [0, 0.05) is 18.5 Å². The monoisotopic (exact) mass is 251 g/mol. The van der Waals surface area contributed by atoms with Crippen LogP contribution in [0, 0.1) is 17.3 Å². The Balaban J connectivity index is 1.41. The first-order valence-electron chi connectivity index (χ1n) is 7.64. The second-order valence-electron chi connectivity index (χ2n) is 6.66. The van der Waals surface area contributed by atoms with Crippen LogP contribution in [0.15, 0.2) is 0 Å². The van der Waals surface area contributed by atoms with Crippen molar-refractivity contribution in [3.8, 4) is 0 Å². The largest absolute Gasteiger partial charge is 0.449 e. The van der Waals surface area contributed by atoms with Crippen LogP contribution >= 0.6 is 0 Å². The van der Waals surface area contributed by atoms with E-state index in [2.05, 4.69) is 6.92 Å². The molecule has 102 valence electrons. The average molecular weight is 251 g/mol. The highest BCUT2D eigenvalue weighted by Crippen LogP contribution is 2.55. The summed E-state index contributed by atoms with van der Waals surface area (Å²) in [5.41, 5.74) is 0.483. The summed E-state index contributed by atoms with van der Waals surface area (Å²) < 4.78 is 5.26. The van der Waals surface area contributed by atoms with Crippen molar-refractivity contribution < 1.29 is 9.53 Å². The molecule has 3 nitrogen and oxygen atoms in total. The van der Waals surface area contributed by atoms with Crippen molar-refractivity contribution in [1.82, 2.24) is 4.90 Å². The van der Waals surface area contributed by atoms with E-state index in [-0.39, 0.29) is 6.09 Å².